The summed E-state index contributed by atoms with van der Waals surface area (Å²) in [5.74, 6) is 0.874. The summed E-state index contributed by atoms with van der Waals surface area (Å²) < 4.78 is 10.7. The number of nitrogens with one attached hydrogen (secondary N) is 1. The van der Waals surface area contributed by atoms with Crippen LogP contribution in [0, 0.1) is 5.92 Å². The Balaban J connectivity index is 1.35. The van der Waals surface area contributed by atoms with Crippen molar-refractivity contribution in [3.8, 4) is 11.5 Å². The Labute approximate surface area is 192 Å². The van der Waals surface area contributed by atoms with E-state index in [1.54, 1.807) is 32.0 Å². The fourth-order valence-corrected chi connectivity index (χ4v) is 4.88. The van der Waals surface area contributed by atoms with Gasteiger partial charge >= 0.3 is 0 Å². The number of carbonyl (C=O) groups excluding carboxylic acids is 2. The maximum atomic E-state index is 12.7. The van der Waals surface area contributed by atoms with Gasteiger partial charge in [0.05, 0.1) is 14.2 Å². The second-order valence-electron chi connectivity index (χ2n) is 7.60. The van der Waals surface area contributed by atoms with E-state index in [2.05, 4.69) is 5.32 Å². The highest BCUT2D eigenvalue weighted by Crippen LogP contribution is 2.33. The molecule has 0 saturated carbocycles. The molecule has 1 amide bonds. The van der Waals surface area contributed by atoms with Crippen molar-refractivity contribution in [3.63, 3.8) is 0 Å². The summed E-state index contributed by atoms with van der Waals surface area (Å²) >= 11 is 1.55. The molecule has 3 aromatic carbocycles. The van der Waals surface area contributed by atoms with Crippen molar-refractivity contribution in [2.45, 2.75) is 17.7 Å². The molecular formula is C26H25NO4S. The lowest BCUT2D eigenvalue weighted by Gasteiger charge is -2.22. The Morgan fingerprint density at radius 3 is 2.38 bits per heavy atom. The van der Waals surface area contributed by atoms with Crippen LogP contribution in [0.25, 0.3) is 0 Å². The number of ether oxygens (including phenoxy) is 2. The number of Topliss-reactive ketones (excluding diaryl/α,β-unsaturated/α-hetero) is 1. The number of rotatable bonds is 7. The van der Waals surface area contributed by atoms with E-state index in [4.69, 9.17) is 9.47 Å². The summed E-state index contributed by atoms with van der Waals surface area (Å²) in [4.78, 5) is 26.4. The number of anilines is 1. The number of fused-ring (bicyclic) bond motifs is 1. The lowest BCUT2D eigenvalue weighted by Crippen LogP contribution is -2.34. The summed E-state index contributed by atoms with van der Waals surface area (Å²) in [7, 11) is 3.26. The molecule has 4 rings (SSSR count). The molecule has 3 aromatic rings. The summed E-state index contributed by atoms with van der Waals surface area (Å²) in [6.07, 6.45) is 1.72. The molecule has 0 saturated heterocycles. The van der Waals surface area contributed by atoms with Gasteiger partial charge in [-0.1, -0.05) is 36.4 Å². The van der Waals surface area contributed by atoms with Crippen LogP contribution in [-0.2, 0) is 17.6 Å². The van der Waals surface area contributed by atoms with Crippen molar-refractivity contribution in [2.75, 3.05) is 25.3 Å². The van der Waals surface area contributed by atoms with E-state index in [1.165, 1.54) is 0 Å². The smallest absolute Gasteiger partial charge is 0.236 e. The standard InChI is InChI=1S/C26H25NO4S/c1-30-22-14-11-18(15-23(22)31-2)8-7-17-9-12-19(13-10-17)27-26(29)21-16-32-24-6-4-3-5-20(24)25(21)28/h3-6,9-15,21H,7-8,16H2,1-2H3,(H,27,29). The fraction of sp³-hybridized carbons (Fsp3) is 0.231. The van der Waals surface area contributed by atoms with Crippen molar-refractivity contribution < 1.29 is 19.1 Å². The molecule has 0 fully saturated rings. The van der Waals surface area contributed by atoms with E-state index in [9.17, 15) is 9.59 Å². The van der Waals surface area contributed by atoms with E-state index >= 15 is 0 Å². The molecule has 5 nitrogen and oxygen atoms in total. The first-order chi connectivity index (χ1) is 15.6. The number of hydrogen-bond acceptors (Lipinski definition) is 5. The van der Waals surface area contributed by atoms with Crippen molar-refractivity contribution in [3.05, 3.63) is 83.4 Å². The Morgan fingerprint density at radius 2 is 1.62 bits per heavy atom. The maximum Gasteiger partial charge on any atom is 0.236 e. The number of amides is 1. The molecule has 1 unspecified atom stereocenters. The van der Waals surface area contributed by atoms with E-state index in [0.29, 0.717) is 17.0 Å². The molecule has 164 valence electrons. The van der Waals surface area contributed by atoms with Crippen LogP contribution in [0.2, 0.25) is 0 Å². The predicted octanol–water partition coefficient (Wildman–Crippen LogP) is 5.03. The second-order valence-corrected chi connectivity index (χ2v) is 8.66. The SMILES string of the molecule is COc1ccc(CCc2ccc(NC(=O)C3CSc4ccccc4C3=O)cc2)cc1OC. The summed E-state index contributed by atoms with van der Waals surface area (Å²) in [5.41, 5.74) is 3.65. The van der Waals surface area contributed by atoms with Gasteiger partial charge in [0.25, 0.3) is 0 Å². The van der Waals surface area contributed by atoms with E-state index < -0.39 is 5.92 Å². The lowest BCUT2D eigenvalue weighted by molar-refractivity contribution is -0.118. The van der Waals surface area contributed by atoms with Crippen LogP contribution >= 0.6 is 11.8 Å². The zero-order valence-corrected chi connectivity index (χ0v) is 18.9. The monoisotopic (exact) mass is 447 g/mol. The van der Waals surface area contributed by atoms with Gasteiger partial charge in [0, 0.05) is 21.9 Å². The molecule has 0 spiro atoms. The third kappa shape index (κ3) is 4.81. The number of benzene rings is 3. The van der Waals surface area contributed by atoms with Crippen LogP contribution in [0.3, 0.4) is 0 Å². The number of hydrogen-bond donors (Lipinski definition) is 1. The Morgan fingerprint density at radius 1 is 0.938 bits per heavy atom. The quantitative estimate of drug-likeness (QED) is 0.515. The normalized spacial score (nSPS) is 15.1. The average molecular weight is 448 g/mol. The molecule has 1 N–H and O–H groups in total. The van der Waals surface area contributed by atoms with Gasteiger partial charge in [-0.05, 0) is 54.3 Å². The lowest BCUT2D eigenvalue weighted by atomic mass is 9.97. The minimum atomic E-state index is -0.667. The molecule has 0 aromatic heterocycles. The molecule has 1 atom stereocenters. The number of aryl methyl sites for hydroxylation is 2. The van der Waals surface area contributed by atoms with Gasteiger partial charge in [0.15, 0.2) is 17.3 Å². The molecule has 0 aliphatic carbocycles. The fourth-order valence-electron chi connectivity index (χ4n) is 3.74. The number of thioether (sulfide) groups is 1. The molecular weight excluding hydrogens is 422 g/mol. The summed E-state index contributed by atoms with van der Waals surface area (Å²) in [6.45, 7) is 0. The van der Waals surface area contributed by atoms with Crippen LogP contribution in [-0.4, -0.2) is 31.7 Å². The topological polar surface area (TPSA) is 64.6 Å². The molecule has 1 heterocycles. The Kier molecular flexibility index (Phi) is 6.81. The predicted molar refractivity (Wildman–Crippen MR) is 127 cm³/mol. The Hall–Kier alpha value is -3.25. The minimum Gasteiger partial charge on any atom is -0.493 e. The number of ketones is 1. The van der Waals surface area contributed by atoms with E-state index in [-0.39, 0.29) is 11.7 Å². The Bertz CT molecular complexity index is 1130. The van der Waals surface area contributed by atoms with Gasteiger partial charge in [-0.3, -0.25) is 9.59 Å². The maximum absolute atomic E-state index is 12.7. The van der Waals surface area contributed by atoms with Crippen molar-refractivity contribution in [1.82, 2.24) is 0 Å². The van der Waals surface area contributed by atoms with Gasteiger partial charge < -0.3 is 14.8 Å². The highest BCUT2D eigenvalue weighted by atomic mass is 32.2. The molecule has 1 aliphatic rings. The van der Waals surface area contributed by atoms with Gasteiger partial charge in [-0.25, -0.2) is 0 Å². The molecule has 6 heteroatoms. The van der Waals surface area contributed by atoms with E-state index in [0.717, 1.165) is 40.4 Å². The zero-order valence-electron chi connectivity index (χ0n) is 18.1. The highest BCUT2D eigenvalue weighted by Gasteiger charge is 2.33. The van der Waals surface area contributed by atoms with Crippen LogP contribution < -0.4 is 14.8 Å². The van der Waals surface area contributed by atoms with Crippen LogP contribution in [0.4, 0.5) is 5.69 Å². The third-order valence-electron chi connectivity index (χ3n) is 5.56. The van der Waals surface area contributed by atoms with Crippen molar-refractivity contribution >= 4 is 29.1 Å². The van der Waals surface area contributed by atoms with Crippen LogP contribution in [0.15, 0.2) is 71.6 Å². The third-order valence-corrected chi connectivity index (χ3v) is 6.73. The summed E-state index contributed by atoms with van der Waals surface area (Å²) in [6, 6.07) is 21.2. The van der Waals surface area contributed by atoms with Gasteiger partial charge in [-0.15, -0.1) is 11.8 Å². The molecule has 1 aliphatic heterocycles. The molecule has 0 radical (unpaired) electrons. The molecule has 32 heavy (non-hydrogen) atoms. The first-order valence-electron chi connectivity index (χ1n) is 10.5. The first kappa shape index (κ1) is 22.0. The second kappa shape index (κ2) is 9.92. The number of methoxy groups -OCH3 is 2. The number of carbonyl (C=O) groups is 2. The van der Waals surface area contributed by atoms with E-state index in [1.807, 2.05) is 60.7 Å². The average Bonchev–Trinajstić information content (AvgIpc) is 2.83. The largest absolute Gasteiger partial charge is 0.493 e. The summed E-state index contributed by atoms with van der Waals surface area (Å²) in [5, 5.41) is 2.90. The van der Waals surface area contributed by atoms with Gasteiger partial charge in [0.2, 0.25) is 5.91 Å². The highest BCUT2D eigenvalue weighted by molar-refractivity contribution is 7.99. The van der Waals surface area contributed by atoms with Gasteiger partial charge in [0.1, 0.15) is 5.92 Å². The minimum absolute atomic E-state index is 0.108. The zero-order chi connectivity index (χ0) is 22.5. The van der Waals surface area contributed by atoms with Crippen LogP contribution in [0.5, 0.6) is 11.5 Å². The van der Waals surface area contributed by atoms with Crippen molar-refractivity contribution in [2.24, 2.45) is 5.92 Å². The van der Waals surface area contributed by atoms with Gasteiger partial charge in [-0.2, -0.15) is 0 Å². The molecule has 0 bridgehead atoms. The van der Waals surface area contributed by atoms with Crippen molar-refractivity contribution in [1.29, 1.82) is 0 Å². The first-order valence-corrected chi connectivity index (χ1v) is 11.4. The van der Waals surface area contributed by atoms with Crippen LogP contribution in [0.1, 0.15) is 21.5 Å².